The van der Waals surface area contributed by atoms with Crippen molar-refractivity contribution in [2.24, 2.45) is 0 Å². The molecule has 2 aliphatic rings. The molecule has 4 heteroatoms. The number of rotatable bonds is 2. The van der Waals surface area contributed by atoms with E-state index in [9.17, 15) is 4.79 Å². The van der Waals surface area contributed by atoms with Crippen molar-refractivity contribution in [1.29, 1.82) is 0 Å². The highest BCUT2D eigenvalue weighted by molar-refractivity contribution is 5.82. The summed E-state index contributed by atoms with van der Waals surface area (Å²) in [6, 6.07) is 7.92. The SMILES string of the molecule is O=c1cc(C2CC2)[nH]c2ccc(N3CCOCC3)cc12. The van der Waals surface area contributed by atoms with E-state index in [1.165, 1.54) is 12.8 Å². The van der Waals surface area contributed by atoms with Gasteiger partial charge >= 0.3 is 0 Å². The lowest BCUT2D eigenvalue weighted by Crippen LogP contribution is -2.36. The van der Waals surface area contributed by atoms with Gasteiger partial charge in [-0.1, -0.05) is 0 Å². The predicted octanol–water partition coefficient (Wildman–Crippen LogP) is 2.24. The molecule has 2 fully saturated rings. The summed E-state index contributed by atoms with van der Waals surface area (Å²) in [4.78, 5) is 18.0. The molecule has 1 aromatic carbocycles. The number of benzene rings is 1. The van der Waals surface area contributed by atoms with Crippen LogP contribution in [0.2, 0.25) is 0 Å². The van der Waals surface area contributed by atoms with Crippen molar-refractivity contribution >= 4 is 16.6 Å². The fraction of sp³-hybridized carbons (Fsp3) is 0.438. The maximum Gasteiger partial charge on any atom is 0.189 e. The molecule has 1 saturated carbocycles. The molecular formula is C16H18N2O2. The minimum absolute atomic E-state index is 0.135. The Labute approximate surface area is 117 Å². The number of nitrogens with zero attached hydrogens (tertiary/aromatic N) is 1. The van der Waals surface area contributed by atoms with E-state index in [0.29, 0.717) is 5.92 Å². The van der Waals surface area contributed by atoms with Crippen LogP contribution in [0, 0.1) is 0 Å². The average molecular weight is 270 g/mol. The van der Waals surface area contributed by atoms with Gasteiger partial charge in [0.15, 0.2) is 5.43 Å². The normalized spacial score (nSPS) is 19.5. The standard InChI is InChI=1S/C16H18N2O2/c19-16-10-15(11-1-2-11)17-14-4-3-12(9-13(14)16)18-5-7-20-8-6-18/h3-4,9-11H,1-2,5-8H2,(H,17,19). The maximum absolute atomic E-state index is 12.3. The third kappa shape index (κ3) is 2.10. The number of anilines is 1. The van der Waals surface area contributed by atoms with Gasteiger partial charge in [-0.3, -0.25) is 4.79 Å². The highest BCUT2D eigenvalue weighted by atomic mass is 16.5. The van der Waals surface area contributed by atoms with Gasteiger partial charge in [-0.25, -0.2) is 0 Å². The summed E-state index contributed by atoms with van der Waals surface area (Å²) in [6.45, 7) is 3.30. The van der Waals surface area contributed by atoms with Gasteiger partial charge in [0, 0.05) is 41.4 Å². The van der Waals surface area contributed by atoms with Crippen LogP contribution in [0.1, 0.15) is 24.5 Å². The average Bonchev–Trinajstić information content (AvgIpc) is 3.32. The molecule has 1 N–H and O–H groups in total. The van der Waals surface area contributed by atoms with Gasteiger partial charge < -0.3 is 14.6 Å². The second-order valence-electron chi connectivity index (χ2n) is 5.69. The summed E-state index contributed by atoms with van der Waals surface area (Å²) in [5.74, 6) is 0.575. The van der Waals surface area contributed by atoms with E-state index >= 15 is 0 Å². The van der Waals surface area contributed by atoms with Crippen LogP contribution < -0.4 is 10.3 Å². The second-order valence-corrected chi connectivity index (χ2v) is 5.69. The molecule has 0 atom stereocenters. The minimum atomic E-state index is 0.135. The largest absolute Gasteiger partial charge is 0.378 e. The van der Waals surface area contributed by atoms with Crippen molar-refractivity contribution in [2.75, 3.05) is 31.2 Å². The number of pyridine rings is 1. The molecule has 1 aliphatic carbocycles. The molecule has 2 heterocycles. The molecule has 1 saturated heterocycles. The number of fused-ring (bicyclic) bond motifs is 1. The zero-order valence-corrected chi connectivity index (χ0v) is 11.4. The predicted molar refractivity (Wildman–Crippen MR) is 79.6 cm³/mol. The summed E-state index contributed by atoms with van der Waals surface area (Å²) in [5.41, 5.74) is 3.30. The summed E-state index contributed by atoms with van der Waals surface area (Å²) >= 11 is 0. The van der Waals surface area contributed by atoms with Crippen molar-refractivity contribution in [3.05, 3.63) is 40.2 Å². The van der Waals surface area contributed by atoms with Crippen LogP contribution in [0.3, 0.4) is 0 Å². The summed E-state index contributed by atoms with van der Waals surface area (Å²) < 4.78 is 5.37. The third-order valence-corrected chi connectivity index (χ3v) is 4.23. The summed E-state index contributed by atoms with van der Waals surface area (Å²) in [5, 5.41) is 0.790. The zero-order valence-electron chi connectivity index (χ0n) is 11.4. The maximum atomic E-state index is 12.3. The fourth-order valence-electron chi connectivity index (χ4n) is 2.89. The van der Waals surface area contributed by atoms with Gasteiger partial charge in [0.25, 0.3) is 0 Å². The van der Waals surface area contributed by atoms with Crippen LogP contribution in [0.4, 0.5) is 5.69 Å². The van der Waals surface area contributed by atoms with Crippen molar-refractivity contribution in [1.82, 2.24) is 4.98 Å². The van der Waals surface area contributed by atoms with E-state index in [0.717, 1.165) is 48.6 Å². The van der Waals surface area contributed by atoms with Gasteiger partial charge in [-0.15, -0.1) is 0 Å². The molecule has 104 valence electrons. The molecule has 20 heavy (non-hydrogen) atoms. The molecule has 1 aromatic heterocycles. The fourth-order valence-corrected chi connectivity index (χ4v) is 2.89. The Kier molecular flexibility index (Phi) is 2.77. The molecule has 4 rings (SSSR count). The first-order valence-electron chi connectivity index (χ1n) is 7.31. The lowest BCUT2D eigenvalue weighted by Gasteiger charge is -2.29. The number of hydrogen-bond donors (Lipinski definition) is 1. The van der Waals surface area contributed by atoms with E-state index in [1.54, 1.807) is 6.07 Å². The number of ether oxygens (including phenoxy) is 1. The first-order valence-corrected chi connectivity index (χ1v) is 7.31. The minimum Gasteiger partial charge on any atom is -0.378 e. The van der Waals surface area contributed by atoms with E-state index in [-0.39, 0.29) is 5.43 Å². The number of aromatic nitrogens is 1. The number of aromatic amines is 1. The van der Waals surface area contributed by atoms with Crippen LogP contribution in [-0.2, 0) is 4.74 Å². The molecular weight excluding hydrogens is 252 g/mol. The second kappa shape index (κ2) is 4.63. The lowest BCUT2D eigenvalue weighted by atomic mass is 10.1. The third-order valence-electron chi connectivity index (χ3n) is 4.23. The molecule has 2 aromatic rings. The van der Waals surface area contributed by atoms with Crippen molar-refractivity contribution < 1.29 is 4.74 Å². The number of hydrogen-bond acceptors (Lipinski definition) is 3. The Balaban J connectivity index is 1.76. The Hall–Kier alpha value is -1.81. The lowest BCUT2D eigenvalue weighted by molar-refractivity contribution is 0.122. The smallest absolute Gasteiger partial charge is 0.189 e. The Morgan fingerprint density at radius 3 is 2.70 bits per heavy atom. The van der Waals surface area contributed by atoms with Gasteiger partial charge in [-0.05, 0) is 37.0 Å². The van der Waals surface area contributed by atoms with Crippen LogP contribution in [0.15, 0.2) is 29.1 Å². The van der Waals surface area contributed by atoms with Crippen LogP contribution in [0.25, 0.3) is 10.9 Å². The number of H-pyrrole nitrogens is 1. The van der Waals surface area contributed by atoms with Gasteiger partial charge in [0.2, 0.25) is 0 Å². The quantitative estimate of drug-likeness (QED) is 0.910. The molecule has 4 nitrogen and oxygen atoms in total. The highest BCUT2D eigenvalue weighted by Gasteiger charge is 2.25. The Bertz CT molecular complexity index is 697. The Morgan fingerprint density at radius 1 is 1.15 bits per heavy atom. The van der Waals surface area contributed by atoms with Gasteiger partial charge in [0.05, 0.1) is 13.2 Å². The Morgan fingerprint density at radius 2 is 1.95 bits per heavy atom. The van der Waals surface area contributed by atoms with E-state index in [1.807, 2.05) is 12.1 Å². The van der Waals surface area contributed by atoms with Crippen molar-refractivity contribution in [3.8, 4) is 0 Å². The molecule has 1 aliphatic heterocycles. The van der Waals surface area contributed by atoms with Gasteiger partial charge in [0.1, 0.15) is 0 Å². The molecule has 0 radical (unpaired) electrons. The van der Waals surface area contributed by atoms with E-state index < -0.39 is 0 Å². The highest BCUT2D eigenvalue weighted by Crippen LogP contribution is 2.38. The van der Waals surface area contributed by atoms with Crippen molar-refractivity contribution in [3.63, 3.8) is 0 Å². The van der Waals surface area contributed by atoms with Crippen LogP contribution in [-0.4, -0.2) is 31.3 Å². The molecule has 0 unspecified atom stereocenters. The first kappa shape index (κ1) is 12.0. The van der Waals surface area contributed by atoms with Gasteiger partial charge in [-0.2, -0.15) is 0 Å². The summed E-state index contributed by atoms with van der Waals surface area (Å²) in [6.07, 6.45) is 2.40. The van der Waals surface area contributed by atoms with E-state index in [2.05, 4.69) is 16.0 Å². The summed E-state index contributed by atoms with van der Waals surface area (Å²) in [7, 11) is 0. The van der Waals surface area contributed by atoms with Crippen LogP contribution in [0.5, 0.6) is 0 Å². The molecule has 0 bridgehead atoms. The van der Waals surface area contributed by atoms with E-state index in [4.69, 9.17) is 4.74 Å². The zero-order chi connectivity index (χ0) is 13.5. The number of morpholine rings is 1. The monoisotopic (exact) mass is 270 g/mol. The first-order chi connectivity index (χ1) is 9.81. The van der Waals surface area contributed by atoms with Crippen LogP contribution >= 0.6 is 0 Å². The molecule has 0 spiro atoms. The molecule has 0 amide bonds. The topological polar surface area (TPSA) is 45.3 Å². The van der Waals surface area contributed by atoms with Crippen molar-refractivity contribution in [2.45, 2.75) is 18.8 Å². The number of nitrogens with one attached hydrogen (secondary N) is 1.